The van der Waals surface area contributed by atoms with Gasteiger partial charge in [-0.15, -0.1) is 0 Å². The monoisotopic (exact) mass is 618 g/mol. The number of allylic oxidation sites excluding steroid dienone is 2. The fourth-order valence-corrected chi connectivity index (χ4v) is 7.67. The first kappa shape index (κ1) is 25.9. The van der Waals surface area contributed by atoms with E-state index < -0.39 is 22.3 Å². The van der Waals surface area contributed by atoms with Crippen LogP contribution >= 0.6 is 0 Å². The normalized spacial score (nSPS) is 14.3. The molecule has 0 fully saturated rings. The van der Waals surface area contributed by atoms with Crippen LogP contribution in [0.2, 0.25) is 0 Å². The molecular formula is C21H18N2O8SSe2. The Morgan fingerprint density at radius 1 is 1.06 bits per heavy atom. The number of anilines is 1. The van der Waals surface area contributed by atoms with Crippen molar-refractivity contribution >= 4 is 77.8 Å². The van der Waals surface area contributed by atoms with Crippen LogP contribution in [0.25, 0.3) is 15.9 Å². The van der Waals surface area contributed by atoms with Crippen LogP contribution in [0.4, 0.5) is 5.69 Å². The SMILES string of the molecule is O=C(O)CN1/C(=C\C=C\c2[se]c3ccccc3[n+]2CC(=O)O)[Se]c2ccccc21.O=S(=O)([O-])O. The standard InChI is InChI=1S/C21H16N2O4Se2.H2O4S/c24-20(25)12-22-14-6-1-3-8-16(14)28-18(22)10-5-11-19-23(13-21(26)27)15-7-2-4-9-17(15)29-19;1-5(2,3)4/h1-11H,12-13H2,(H-,24,25,26,27);(H2,1,2,3,4). The molecule has 13 heteroatoms. The second kappa shape index (κ2) is 11.1. The molecule has 0 unspecified atom stereocenters. The van der Waals surface area contributed by atoms with E-state index in [4.69, 9.17) is 17.5 Å². The first-order valence-electron chi connectivity index (χ1n) is 9.49. The summed E-state index contributed by atoms with van der Waals surface area (Å²) in [7, 11) is -4.92. The molecule has 1 aliphatic heterocycles. The molecule has 0 saturated heterocycles. The molecule has 0 bridgehead atoms. The average Bonchev–Trinajstić information content (AvgIpc) is 3.25. The van der Waals surface area contributed by atoms with Crippen molar-refractivity contribution in [3.8, 4) is 0 Å². The summed E-state index contributed by atoms with van der Waals surface area (Å²) in [4.78, 5) is 24.5. The largest absolute Gasteiger partial charge is 0.726 e. The van der Waals surface area contributed by atoms with E-state index in [1.54, 1.807) is 0 Å². The van der Waals surface area contributed by atoms with Gasteiger partial charge in [0.2, 0.25) is 10.4 Å². The third kappa shape index (κ3) is 7.12. The summed E-state index contributed by atoms with van der Waals surface area (Å²) in [5, 5.41) is 18.6. The molecule has 0 aliphatic carbocycles. The van der Waals surface area contributed by atoms with Crippen LogP contribution in [0, 0.1) is 0 Å². The van der Waals surface area contributed by atoms with E-state index in [9.17, 15) is 19.8 Å². The van der Waals surface area contributed by atoms with Crippen molar-refractivity contribution in [1.82, 2.24) is 0 Å². The quantitative estimate of drug-likeness (QED) is 0.151. The first-order chi connectivity index (χ1) is 16.0. The maximum Gasteiger partial charge on any atom is 0.215 e. The Labute approximate surface area is 206 Å². The van der Waals surface area contributed by atoms with Gasteiger partial charge in [0.25, 0.3) is 0 Å². The summed E-state index contributed by atoms with van der Waals surface area (Å²) < 4.78 is 39.0. The first-order valence-corrected chi connectivity index (χ1v) is 14.3. The zero-order valence-corrected chi connectivity index (χ0v) is 21.5. The molecule has 3 aromatic rings. The summed E-state index contributed by atoms with van der Waals surface area (Å²) in [6.45, 7) is -0.148. The number of hydrogen-bond donors (Lipinski definition) is 3. The fraction of sp³-hybridized carbons (Fsp3) is 0.0952. The summed E-state index contributed by atoms with van der Waals surface area (Å²) in [6.07, 6.45) is 5.82. The molecule has 2 aromatic carbocycles. The molecule has 178 valence electrons. The van der Waals surface area contributed by atoms with Gasteiger partial charge < -0.3 is 4.55 Å². The van der Waals surface area contributed by atoms with Gasteiger partial charge in [-0.1, -0.05) is 0 Å². The van der Waals surface area contributed by atoms with Crippen molar-refractivity contribution in [2.24, 2.45) is 0 Å². The Kier molecular flexibility index (Phi) is 8.45. The van der Waals surface area contributed by atoms with Crippen LogP contribution in [0.5, 0.6) is 0 Å². The minimum Gasteiger partial charge on any atom is -0.726 e. The van der Waals surface area contributed by atoms with E-state index in [2.05, 4.69) is 0 Å². The number of nitrogens with zero attached hydrogens (tertiary/aromatic N) is 2. The smallest absolute Gasteiger partial charge is 0.215 e. The number of hydrogen-bond acceptors (Lipinski definition) is 6. The summed E-state index contributed by atoms with van der Waals surface area (Å²) >= 11 is 0.0666. The van der Waals surface area contributed by atoms with Crippen LogP contribution < -0.4 is 13.9 Å². The van der Waals surface area contributed by atoms with Crippen LogP contribution in [0.3, 0.4) is 0 Å². The van der Waals surface area contributed by atoms with Gasteiger partial charge >= 0.3 is 180 Å². The van der Waals surface area contributed by atoms with Crippen molar-refractivity contribution in [1.29, 1.82) is 0 Å². The van der Waals surface area contributed by atoms with Gasteiger partial charge in [0.15, 0.2) is 0 Å². The molecule has 3 N–H and O–H groups in total. The fourth-order valence-electron chi connectivity index (χ4n) is 3.16. The molecule has 4 rings (SSSR count). The Morgan fingerprint density at radius 2 is 1.71 bits per heavy atom. The van der Waals surface area contributed by atoms with Gasteiger partial charge in [-0.25, -0.2) is 8.42 Å². The van der Waals surface area contributed by atoms with Crippen LogP contribution in [0.15, 0.2) is 65.3 Å². The van der Waals surface area contributed by atoms with E-state index in [0.717, 1.165) is 20.4 Å². The molecule has 1 aromatic heterocycles. The third-order valence-corrected chi connectivity index (χ3v) is 9.08. The number of carboxylic acid groups (broad SMARTS) is 2. The number of para-hydroxylation sites is 2. The predicted molar refractivity (Wildman–Crippen MR) is 125 cm³/mol. The van der Waals surface area contributed by atoms with Crippen molar-refractivity contribution in [3.05, 3.63) is 69.8 Å². The van der Waals surface area contributed by atoms with E-state index in [1.165, 1.54) is 8.72 Å². The van der Waals surface area contributed by atoms with Gasteiger partial charge in [0, 0.05) is 0 Å². The van der Waals surface area contributed by atoms with Gasteiger partial charge in [0.05, 0.1) is 0 Å². The Hall–Kier alpha value is -2.76. The Balaban J connectivity index is 0.000000588. The van der Waals surface area contributed by atoms with Crippen molar-refractivity contribution < 1.29 is 41.9 Å². The van der Waals surface area contributed by atoms with Gasteiger partial charge in [-0.3, -0.25) is 4.55 Å². The number of rotatable bonds is 6. The molecule has 0 saturated carbocycles. The number of carbonyl (C=O) groups is 2. The topological polar surface area (TPSA) is 159 Å². The molecule has 10 nitrogen and oxygen atoms in total. The predicted octanol–water partition coefficient (Wildman–Crippen LogP) is 0.0624. The molecule has 0 spiro atoms. The summed E-state index contributed by atoms with van der Waals surface area (Å²) in [5.41, 5.74) is 1.90. The van der Waals surface area contributed by atoms with Gasteiger partial charge in [0.1, 0.15) is 0 Å². The molecular weight excluding hydrogens is 598 g/mol. The number of benzene rings is 2. The molecule has 1 aliphatic rings. The van der Waals surface area contributed by atoms with E-state index in [0.29, 0.717) is 0 Å². The van der Waals surface area contributed by atoms with E-state index in [-0.39, 0.29) is 42.5 Å². The minimum atomic E-state index is -4.92. The average molecular weight is 616 g/mol. The molecule has 2 heterocycles. The molecule has 0 atom stereocenters. The maximum absolute atomic E-state index is 11.3. The Bertz CT molecular complexity index is 1390. The zero-order chi connectivity index (χ0) is 24.9. The maximum atomic E-state index is 11.3. The van der Waals surface area contributed by atoms with E-state index in [1.807, 2.05) is 76.2 Å². The second-order valence-corrected chi connectivity index (χ2v) is 12.0. The number of fused-ring (bicyclic) bond motifs is 2. The van der Waals surface area contributed by atoms with Crippen LogP contribution in [0.1, 0.15) is 4.57 Å². The van der Waals surface area contributed by atoms with E-state index >= 15 is 0 Å². The molecule has 34 heavy (non-hydrogen) atoms. The number of aliphatic carboxylic acids is 2. The third-order valence-electron chi connectivity index (χ3n) is 4.34. The molecule has 0 amide bonds. The van der Waals surface area contributed by atoms with Crippen molar-refractivity contribution in [3.63, 3.8) is 0 Å². The second-order valence-electron chi connectivity index (χ2n) is 6.73. The van der Waals surface area contributed by atoms with Crippen molar-refractivity contribution in [2.75, 3.05) is 11.4 Å². The Morgan fingerprint density at radius 3 is 2.38 bits per heavy atom. The minimum absolute atomic E-state index is 0.0333. The summed E-state index contributed by atoms with van der Waals surface area (Å²) in [5.74, 6) is -1.74. The van der Waals surface area contributed by atoms with Crippen LogP contribution in [-0.4, -0.2) is 75.7 Å². The van der Waals surface area contributed by atoms with Crippen molar-refractivity contribution in [2.45, 2.75) is 6.54 Å². The zero-order valence-electron chi connectivity index (χ0n) is 17.3. The number of aromatic nitrogens is 1. The number of carboxylic acids is 2. The summed E-state index contributed by atoms with van der Waals surface area (Å²) in [6, 6.07) is 15.7. The van der Waals surface area contributed by atoms with Gasteiger partial charge in [-0.2, -0.15) is 0 Å². The van der Waals surface area contributed by atoms with Gasteiger partial charge in [-0.05, 0) is 0 Å². The van der Waals surface area contributed by atoms with Crippen LogP contribution in [-0.2, 0) is 26.5 Å². The molecule has 0 radical (unpaired) electrons.